The molecule has 0 aromatic carbocycles. The van der Waals surface area contributed by atoms with Gasteiger partial charge >= 0.3 is 6.18 Å². The molecule has 3 aliphatic rings. The zero-order valence-corrected chi connectivity index (χ0v) is 14.7. The Morgan fingerprint density at radius 2 is 2.15 bits per heavy atom. The number of carbonyl (C=O) groups is 1. The van der Waals surface area contributed by atoms with E-state index >= 15 is 0 Å². The lowest BCUT2D eigenvalue weighted by Gasteiger charge is -2.50. The number of halogens is 4. The SMILES string of the molecule is O=C1C2CNNC2C2CCC(c3ccnc(Cl)c3)CC2N1CC(F)(F)F. The Morgan fingerprint density at radius 1 is 1.35 bits per heavy atom. The minimum atomic E-state index is -4.40. The molecular formula is C17H20ClF3N4O. The maximum absolute atomic E-state index is 13.1. The van der Waals surface area contributed by atoms with E-state index < -0.39 is 30.6 Å². The fraction of sp³-hybridized carbons (Fsp3) is 0.647. The Labute approximate surface area is 154 Å². The number of nitrogens with zero attached hydrogens (tertiary/aromatic N) is 2. The Morgan fingerprint density at radius 3 is 2.88 bits per heavy atom. The molecule has 5 nitrogen and oxygen atoms in total. The summed E-state index contributed by atoms with van der Waals surface area (Å²) >= 11 is 5.97. The summed E-state index contributed by atoms with van der Waals surface area (Å²) < 4.78 is 39.4. The van der Waals surface area contributed by atoms with Gasteiger partial charge < -0.3 is 4.90 Å². The highest BCUT2D eigenvalue weighted by Gasteiger charge is 2.54. The molecular weight excluding hydrogens is 369 g/mol. The molecule has 5 atom stereocenters. The second-order valence-electron chi connectivity index (χ2n) is 7.39. The third kappa shape index (κ3) is 3.30. The number of amides is 1. The molecule has 142 valence electrons. The lowest BCUT2D eigenvalue weighted by Crippen LogP contribution is -2.63. The second-order valence-corrected chi connectivity index (χ2v) is 7.78. The van der Waals surface area contributed by atoms with Gasteiger partial charge in [0.1, 0.15) is 11.7 Å². The van der Waals surface area contributed by atoms with Crippen molar-refractivity contribution in [3.05, 3.63) is 29.0 Å². The minimum absolute atomic E-state index is 0.0172. The average Bonchev–Trinajstić information content (AvgIpc) is 3.07. The molecule has 4 rings (SSSR count). The number of pyridine rings is 1. The van der Waals surface area contributed by atoms with E-state index in [4.69, 9.17) is 11.6 Å². The van der Waals surface area contributed by atoms with Gasteiger partial charge in [-0.05, 0) is 48.8 Å². The molecule has 0 spiro atoms. The van der Waals surface area contributed by atoms with Crippen LogP contribution >= 0.6 is 11.6 Å². The Hall–Kier alpha value is -1.38. The van der Waals surface area contributed by atoms with Crippen LogP contribution < -0.4 is 10.9 Å². The molecule has 1 aromatic rings. The highest BCUT2D eigenvalue weighted by molar-refractivity contribution is 6.29. The number of hydrogen-bond donors (Lipinski definition) is 2. The van der Waals surface area contributed by atoms with Gasteiger partial charge in [0, 0.05) is 24.8 Å². The van der Waals surface area contributed by atoms with E-state index in [0.29, 0.717) is 18.1 Å². The number of hydrazine groups is 1. The van der Waals surface area contributed by atoms with Gasteiger partial charge in [-0.2, -0.15) is 13.2 Å². The summed E-state index contributed by atoms with van der Waals surface area (Å²) in [7, 11) is 0. The fourth-order valence-corrected chi connectivity index (χ4v) is 5.03. The van der Waals surface area contributed by atoms with Crippen molar-refractivity contribution in [1.82, 2.24) is 20.7 Å². The van der Waals surface area contributed by atoms with E-state index in [1.54, 1.807) is 12.3 Å². The first-order chi connectivity index (χ1) is 12.3. The zero-order valence-electron chi connectivity index (χ0n) is 14.0. The molecule has 26 heavy (non-hydrogen) atoms. The third-order valence-corrected chi connectivity index (χ3v) is 6.13. The van der Waals surface area contributed by atoms with Crippen molar-refractivity contribution in [2.24, 2.45) is 11.8 Å². The van der Waals surface area contributed by atoms with Gasteiger partial charge in [0.05, 0.1) is 5.92 Å². The largest absolute Gasteiger partial charge is 0.406 e. The maximum atomic E-state index is 13.1. The number of carbonyl (C=O) groups excluding carboxylic acids is 1. The lowest BCUT2D eigenvalue weighted by molar-refractivity contribution is -0.178. The van der Waals surface area contributed by atoms with E-state index in [0.717, 1.165) is 23.3 Å². The van der Waals surface area contributed by atoms with E-state index in [-0.39, 0.29) is 17.9 Å². The lowest BCUT2D eigenvalue weighted by atomic mass is 9.67. The maximum Gasteiger partial charge on any atom is 0.406 e. The van der Waals surface area contributed by atoms with Crippen molar-refractivity contribution in [2.75, 3.05) is 13.1 Å². The summed E-state index contributed by atoms with van der Waals surface area (Å²) in [4.78, 5) is 17.8. The van der Waals surface area contributed by atoms with Crippen LogP contribution in [0.5, 0.6) is 0 Å². The van der Waals surface area contributed by atoms with Gasteiger partial charge in [-0.25, -0.2) is 4.98 Å². The number of aromatic nitrogens is 1. The van der Waals surface area contributed by atoms with Gasteiger partial charge in [0.25, 0.3) is 0 Å². The zero-order chi connectivity index (χ0) is 18.5. The van der Waals surface area contributed by atoms with Crippen molar-refractivity contribution in [1.29, 1.82) is 0 Å². The predicted molar refractivity (Wildman–Crippen MR) is 89.3 cm³/mol. The first-order valence-electron chi connectivity index (χ1n) is 8.80. The average molecular weight is 389 g/mol. The molecule has 2 saturated heterocycles. The quantitative estimate of drug-likeness (QED) is 0.764. The number of likely N-dealkylation sites (tertiary alicyclic amines) is 1. The van der Waals surface area contributed by atoms with E-state index in [1.165, 1.54) is 0 Å². The van der Waals surface area contributed by atoms with Crippen LogP contribution in [0.2, 0.25) is 5.15 Å². The van der Waals surface area contributed by atoms with Crippen LogP contribution in [0.3, 0.4) is 0 Å². The van der Waals surface area contributed by atoms with Gasteiger partial charge in [0.15, 0.2) is 0 Å². The minimum Gasteiger partial charge on any atom is -0.330 e. The first-order valence-corrected chi connectivity index (χ1v) is 9.18. The molecule has 1 aromatic heterocycles. The van der Waals surface area contributed by atoms with E-state index in [1.807, 2.05) is 6.07 Å². The van der Waals surface area contributed by atoms with Crippen LogP contribution in [0.25, 0.3) is 0 Å². The normalized spacial score (nSPS) is 34.5. The van der Waals surface area contributed by atoms with Crippen molar-refractivity contribution in [3.63, 3.8) is 0 Å². The fourth-order valence-electron chi connectivity index (χ4n) is 4.85. The Bertz CT molecular complexity index is 701. The molecule has 2 aliphatic heterocycles. The molecule has 2 N–H and O–H groups in total. The second kappa shape index (κ2) is 6.65. The topological polar surface area (TPSA) is 57.3 Å². The monoisotopic (exact) mass is 388 g/mol. The number of nitrogens with one attached hydrogen (secondary N) is 2. The van der Waals surface area contributed by atoms with Gasteiger partial charge in [-0.1, -0.05) is 11.6 Å². The van der Waals surface area contributed by atoms with Crippen LogP contribution in [0.4, 0.5) is 13.2 Å². The summed E-state index contributed by atoms with van der Waals surface area (Å²) in [6.45, 7) is -0.801. The molecule has 5 unspecified atom stereocenters. The number of rotatable bonds is 2. The van der Waals surface area contributed by atoms with Crippen LogP contribution in [0, 0.1) is 11.8 Å². The molecule has 3 fully saturated rings. The molecule has 1 amide bonds. The summed E-state index contributed by atoms with van der Waals surface area (Å²) in [5.41, 5.74) is 7.06. The summed E-state index contributed by atoms with van der Waals surface area (Å²) in [5.74, 6) is -0.736. The molecule has 1 aliphatic carbocycles. The van der Waals surface area contributed by atoms with Crippen LogP contribution in [0.1, 0.15) is 30.7 Å². The standard InChI is InChI=1S/C17H20ClF3N4O/c18-14-6-10(3-4-22-14)9-1-2-11-13(5-9)25(8-17(19,20)21)16(26)12-7-23-24-15(11)12/h3-4,6,9,11-13,15,23-24H,1-2,5,7-8H2. The van der Waals surface area contributed by atoms with Crippen molar-refractivity contribution < 1.29 is 18.0 Å². The third-order valence-electron chi connectivity index (χ3n) is 5.93. The summed E-state index contributed by atoms with van der Waals surface area (Å²) in [6, 6.07) is 3.10. The van der Waals surface area contributed by atoms with Crippen LogP contribution in [-0.2, 0) is 4.79 Å². The number of fused-ring (bicyclic) bond motifs is 3. The van der Waals surface area contributed by atoms with Crippen molar-refractivity contribution >= 4 is 17.5 Å². The van der Waals surface area contributed by atoms with Gasteiger partial charge in [-0.3, -0.25) is 15.6 Å². The van der Waals surface area contributed by atoms with Crippen molar-refractivity contribution in [2.45, 2.75) is 43.4 Å². The molecule has 9 heteroatoms. The number of hydrogen-bond acceptors (Lipinski definition) is 4. The molecule has 0 bridgehead atoms. The summed E-state index contributed by atoms with van der Waals surface area (Å²) in [6.07, 6.45) is -0.647. The Balaban J connectivity index is 1.62. The number of alkyl halides is 3. The highest BCUT2D eigenvalue weighted by atomic mass is 35.5. The smallest absolute Gasteiger partial charge is 0.330 e. The van der Waals surface area contributed by atoms with Gasteiger partial charge in [-0.15, -0.1) is 0 Å². The van der Waals surface area contributed by atoms with Gasteiger partial charge in [0.2, 0.25) is 5.91 Å². The van der Waals surface area contributed by atoms with E-state index in [2.05, 4.69) is 15.8 Å². The predicted octanol–water partition coefficient (Wildman–Crippen LogP) is 2.48. The number of piperidine rings is 1. The van der Waals surface area contributed by atoms with E-state index in [9.17, 15) is 18.0 Å². The van der Waals surface area contributed by atoms with Crippen molar-refractivity contribution in [3.8, 4) is 0 Å². The first kappa shape index (κ1) is 18.0. The molecule has 1 saturated carbocycles. The Kier molecular flexibility index (Phi) is 4.61. The van der Waals surface area contributed by atoms with Crippen LogP contribution in [0.15, 0.2) is 18.3 Å². The molecule has 3 heterocycles. The highest BCUT2D eigenvalue weighted by Crippen LogP contribution is 2.45. The van der Waals surface area contributed by atoms with Crippen LogP contribution in [-0.4, -0.2) is 47.1 Å². The molecule has 0 radical (unpaired) electrons. The summed E-state index contributed by atoms with van der Waals surface area (Å²) in [5, 5.41) is 0.373.